The zero-order valence-corrected chi connectivity index (χ0v) is 14.0. The van der Waals surface area contributed by atoms with Crippen LogP contribution in [0.1, 0.15) is 40.0 Å². The minimum Gasteiger partial charge on any atom is -0.392 e. The molecule has 0 saturated heterocycles. The number of nitrogens with one attached hydrogen (secondary N) is 2. The molecule has 21 heavy (non-hydrogen) atoms. The first-order valence-electron chi connectivity index (χ1n) is 7.45. The van der Waals surface area contributed by atoms with Gasteiger partial charge < -0.3 is 10.4 Å². The molecule has 7 heteroatoms. The van der Waals surface area contributed by atoms with Gasteiger partial charge in [0.05, 0.1) is 17.9 Å². The molecule has 1 amide bonds. The van der Waals surface area contributed by atoms with E-state index in [1.165, 1.54) is 14.0 Å². The maximum atomic E-state index is 12.4. The fourth-order valence-corrected chi connectivity index (χ4v) is 6.42. The zero-order valence-electron chi connectivity index (χ0n) is 13.1. The van der Waals surface area contributed by atoms with Crippen LogP contribution in [0.5, 0.6) is 0 Å². The second kappa shape index (κ2) is 5.21. The van der Waals surface area contributed by atoms with Crippen LogP contribution in [0.2, 0.25) is 0 Å². The van der Waals surface area contributed by atoms with E-state index >= 15 is 0 Å². The summed E-state index contributed by atoms with van der Waals surface area (Å²) in [6.45, 7) is 5.62. The average Bonchev–Trinajstić information content (AvgIpc) is 2.70. The highest BCUT2D eigenvalue weighted by molar-refractivity contribution is 7.89. The van der Waals surface area contributed by atoms with E-state index in [4.69, 9.17) is 0 Å². The Morgan fingerprint density at radius 3 is 2.48 bits per heavy atom. The Kier molecular flexibility index (Phi) is 4.14. The van der Waals surface area contributed by atoms with Gasteiger partial charge in [-0.2, -0.15) is 0 Å². The van der Waals surface area contributed by atoms with Crippen LogP contribution in [0.15, 0.2) is 0 Å². The molecule has 0 aliphatic heterocycles. The minimum atomic E-state index is -3.64. The Hall–Kier alpha value is -0.660. The van der Waals surface area contributed by atoms with E-state index in [-0.39, 0.29) is 17.1 Å². The van der Waals surface area contributed by atoms with Crippen molar-refractivity contribution in [2.24, 2.45) is 16.7 Å². The number of fused-ring (bicyclic) bond motifs is 2. The lowest BCUT2D eigenvalue weighted by Crippen LogP contribution is -2.50. The fraction of sp³-hybridized carbons (Fsp3) is 0.929. The third-order valence-electron chi connectivity index (χ3n) is 5.83. The molecule has 0 radical (unpaired) electrons. The lowest BCUT2D eigenvalue weighted by molar-refractivity contribution is -0.121. The summed E-state index contributed by atoms with van der Waals surface area (Å²) in [6, 6.07) is -0.810. The maximum Gasteiger partial charge on any atom is 0.237 e. The van der Waals surface area contributed by atoms with Crippen molar-refractivity contribution in [3.8, 4) is 0 Å². The zero-order chi connectivity index (χ0) is 16.1. The van der Waals surface area contributed by atoms with E-state index < -0.39 is 27.6 Å². The van der Waals surface area contributed by atoms with Gasteiger partial charge in [-0.15, -0.1) is 0 Å². The van der Waals surface area contributed by atoms with Crippen LogP contribution in [0, 0.1) is 16.7 Å². The van der Waals surface area contributed by atoms with Gasteiger partial charge in [0.1, 0.15) is 0 Å². The van der Waals surface area contributed by atoms with Crippen LogP contribution in [0.25, 0.3) is 0 Å². The molecule has 3 N–H and O–H groups in total. The molecular weight excluding hydrogens is 292 g/mol. The molecule has 0 spiro atoms. The van der Waals surface area contributed by atoms with Crippen LogP contribution in [0.4, 0.5) is 0 Å². The number of aliphatic hydroxyl groups excluding tert-OH is 1. The van der Waals surface area contributed by atoms with Crippen molar-refractivity contribution in [2.75, 3.05) is 12.8 Å². The quantitative estimate of drug-likeness (QED) is 0.676. The summed E-state index contributed by atoms with van der Waals surface area (Å²) in [5.41, 5.74) is -0.802. The van der Waals surface area contributed by atoms with Gasteiger partial charge in [0.25, 0.3) is 0 Å². The van der Waals surface area contributed by atoms with Crippen LogP contribution >= 0.6 is 0 Å². The summed E-state index contributed by atoms with van der Waals surface area (Å²) in [7, 11) is -2.17. The topological polar surface area (TPSA) is 95.5 Å². The molecule has 2 aliphatic rings. The number of rotatable bonds is 5. The van der Waals surface area contributed by atoms with Crippen molar-refractivity contribution in [3.05, 3.63) is 0 Å². The summed E-state index contributed by atoms with van der Waals surface area (Å²) in [5.74, 6) is -0.114. The number of carbonyl (C=O) groups excluding carboxylic acids is 1. The number of carbonyl (C=O) groups is 1. The molecule has 4 atom stereocenters. The lowest BCUT2D eigenvalue weighted by Gasteiger charge is -2.40. The number of amides is 1. The lowest BCUT2D eigenvalue weighted by atomic mass is 9.70. The summed E-state index contributed by atoms with van der Waals surface area (Å²) in [4.78, 5) is 11.5. The molecule has 4 unspecified atom stereocenters. The third kappa shape index (κ3) is 2.59. The van der Waals surface area contributed by atoms with Gasteiger partial charge in [-0.05, 0) is 37.5 Å². The standard InChI is InChI=1S/C14H26N2O4S/c1-9(12(18)15-4)16-21(19,20)8-14-6-5-10(7-11(14)17)13(14,2)3/h9-11,16-17H,5-8H2,1-4H3,(H,15,18). The van der Waals surface area contributed by atoms with Crippen LogP contribution in [0.3, 0.4) is 0 Å². The summed E-state index contributed by atoms with van der Waals surface area (Å²) >= 11 is 0. The van der Waals surface area contributed by atoms with E-state index in [2.05, 4.69) is 23.9 Å². The van der Waals surface area contributed by atoms with Crippen molar-refractivity contribution in [3.63, 3.8) is 0 Å². The second-order valence-corrected chi connectivity index (χ2v) is 8.83. The first-order chi connectivity index (χ1) is 9.56. The summed E-state index contributed by atoms with van der Waals surface area (Å²) in [5, 5.41) is 12.8. The summed E-state index contributed by atoms with van der Waals surface area (Å²) in [6.07, 6.45) is 1.78. The van der Waals surface area contributed by atoms with E-state index in [1.807, 2.05) is 0 Å². The van der Waals surface area contributed by atoms with Crippen molar-refractivity contribution >= 4 is 15.9 Å². The monoisotopic (exact) mass is 318 g/mol. The molecule has 2 rings (SSSR count). The van der Waals surface area contributed by atoms with Gasteiger partial charge in [0.2, 0.25) is 15.9 Å². The highest BCUT2D eigenvalue weighted by Gasteiger charge is 2.65. The van der Waals surface area contributed by atoms with Crippen LogP contribution in [-0.4, -0.2) is 44.4 Å². The predicted molar refractivity (Wildman–Crippen MR) is 80.0 cm³/mol. The van der Waals surface area contributed by atoms with Gasteiger partial charge in [0.15, 0.2) is 0 Å². The molecule has 122 valence electrons. The molecule has 2 saturated carbocycles. The van der Waals surface area contributed by atoms with Crippen molar-refractivity contribution in [1.29, 1.82) is 0 Å². The molecule has 0 aromatic heterocycles. The molecule has 2 fully saturated rings. The maximum absolute atomic E-state index is 12.4. The highest BCUT2D eigenvalue weighted by atomic mass is 32.2. The largest absolute Gasteiger partial charge is 0.392 e. The molecule has 2 bridgehead atoms. The smallest absolute Gasteiger partial charge is 0.237 e. The number of aliphatic hydroxyl groups is 1. The summed E-state index contributed by atoms with van der Waals surface area (Å²) < 4.78 is 27.3. The van der Waals surface area contributed by atoms with E-state index in [9.17, 15) is 18.3 Å². The molecule has 0 aromatic carbocycles. The van der Waals surface area contributed by atoms with Gasteiger partial charge >= 0.3 is 0 Å². The van der Waals surface area contributed by atoms with E-state index in [0.717, 1.165) is 12.8 Å². The second-order valence-electron chi connectivity index (χ2n) is 7.08. The first kappa shape index (κ1) is 16.7. The fourth-order valence-electron chi connectivity index (χ4n) is 4.30. The Morgan fingerprint density at radius 1 is 1.43 bits per heavy atom. The number of hydrogen-bond donors (Lipinski definition) is 3. The number of hydrogen-bond acceptors (Lipinski definition) is 4. The average molecular weight is 318 g/mol. The van der Waals surface area contributed by atoms with Crippen molar-refractivity contribution in [2.45, 2.75) is 52.2 Å². The van der Waals surface area contributed by atoms with Gasteiger partial charge in [-0.25, -0.2) is 13.1 Å². The normalized spacial score (nSPS) is 35.7. The predicted octanol–water partition coefficient (Wildman–Crippen LogP) is 0.227. The molecule has 0 aromatic rings. The number of sulfonamides is 1. The SMILES string of the molecule is CNC(=O)C(C)NS(=O)(=O)CC12CCC(CC1O)C2(C)C. The highest BCUT2D eigenvalue weighted by Crippen LogP contribution is 2.65. The third-order valence-corrected chi connectivity index (χ3v) is 7.44. The molecule has 0 heterocycles. The first-order valence-corrected chi connectivity index (χ1v) is 9.10. The van der Waals surface area contributed by atoms with E-state index in [1.54, 1.807) is 0 Å². The molecule has 6 nitrogen and oxygen atoms in total. The Balaban J connectivity index is 2.18. The minimum absolute atomic E-state index is 0.119. The molecule has 2 aliphatic carbocycles. The molecular formula is C14H26N2O4S. The Bertz CT molecular complexity index is 531. The Morgan fingerprint density at radius 2 is 2.05 bits per heavy atom. The van der Waals surface area contributed by atoms with Gasteiger partial charge in [-0.1, -0.05) is 13.8 Å². The van der Waals surface area contributed by atoms with Gasteiger partial charge in [-0.3, -0.25) is 4.79 Å². The van der Waals surface area contributed by atoms with Crippen LogP contribution in [-0.2, 0) is 14.8 Å². The van der Waals surface area contributed by atoms with Crippen molar-refractivity contribution < 1.29 is 18.3 Å². The van der Waals surface area contributed by atoms with Crippen molar-refractivity contribution in [1.82, 2.24) is 10.0 Å². The number of likely N-dealkylation sites (N-methyl/N-ethyl adjacent to an activating group) is 1. The Labute approximate surface area is 126 Å². The van der Waals surface area contributed by atoms with E-state index in [0.29, 0.717) is 12.3 Å². The van der Waals surface area contributed by atoms with Crippen LogP contribution < -0.4 is 10.0 Å². The van der Waals surface area contributed by atoms with Gasteiger partial charge in [0, 0.05) is 12.5 Å².